The third kappa shape index (κ3) is 2.80. The standard InChI is InChI=1S/C27H23N3O3/c1-33-20-5-2-4-17(12-20)16-30-26(32)22-13-18(19-14-28-29-15-19)8-9-24(22)27(30)11-10-21-23(27)6-3-7-25(21)31/h2-9,12-15,31H,10-11,16H2,1H3,(H,28,29). The fraction of sp³-hybridized carbons (Fsp3) is 0.185. The van der Waals surface area contributed by atoms with E-state index in [9.17, 15) is 9.90 Å². The zero-order chi connectivity index (χ0) is 22.6. The van der Waals surface area contributed by atoms with Crippen LogP contribution in [0.2, 0.25) is 0 Å². The number of phenolic OH excluding ortho intramolecular Hbond substituents is 1. The summed E-state index contributed by atoms with van der Waals surface area (Å²) in [6.45, 7) is 0.445. The SMILES string of the molecule is COc1cccc(CN2C(=O)c3cc(-c4cn[nH]c4)ccc3C23CCc2c(O)cccc23)c1. The van der Waals surface area contributed by atoms with Gasteiger partial charge in [0.05, 0.1) is 18.8 Å². The van der Waals surface area contributed by atoms with Gasteiger partial charge in [0.25, 0.3) is 5.91 Å². The van der Waals surface area contributed by atoms with Gasteiger partial charge in [-0.15, -0.1) is 0 Å². The number of fused-ring (bicyclic) bond motifs is 4. The van der Waals surface area contributed by atoms with E-state index in [1.807, 2.05) is 53.6 Å². The van der Waals surface area contributed by atoms with Crippen LogP contribution < -0.4 is 4.74 Å². The molecule has 1 spiro atoms. The van der Waals surface area contributed by atoms with Crippen molar-refractivity contribution >= 4 is 5.91 Å². The van der Waals surface area contributed by atoms with Gasteiger partial charge in [0, 0.05) is 23.9 Å². The summed E-state index contributed by atoms with van der Waals surface area (Å²) < 4.78 is 5.41. The van der Waals surface area contributed by atoms with E-state index in [1.54, 1.807) is 19.4 Å². The molecule has 1 amide bonds. The molecule has 0 saturated heterocycles. The highest BCUT2D eigenvalue weighted by Crippen LogP contribution is 2.54. The van der Waals surface area contributed by atoms with E-state index < -0.39 is 5.54 Å². The van der Waals surface area contributed by atoms with Crippen LogP contribution in [0, 0.1) is 0 Å². The van der Waals surface area contributed by atoms with Crippen LogP contribution in [0.15, 0.2) is 73.1 Å². The number of nitrogens with one attached hydrogen (secondary N) is 1. The van der Waals surface area contributed by atoms with Gasteiger partial charge in [0.1, 0.15) is 11.5 Å². The number of H-pyrrole nitrogens is 1. The van der Waals surface area contributed by atoms with E-state index in [2.05, 4.69) is 22.3 Å². The minimum absolute atomic E-state index is 0.00522. The molecule has 1 aliphatic carbocycles. The lowest BCUT2D eigenvalue weighted by Crippen LogP contribution is -2.42. The number of rotatable bonds is 4. The summed E-state index contributed by atoms with van der Waals surface area (Å²) in [4.78, 5) is 15.9. The Morgan fingerprint density at radius 3 is 2.79 bits per heavy atom. The molecule has 3 aromatic carbocycles. The normalized spacial score (nSPS) is 18.6. The highest BCUT2D eigenvalue weighted by Gasteiger charge is 2.54. The molecule has 1 atom stereocenters. The van der Waals surface area contributed by atoms with Crippen LogP contribution in [0.3, 0.4) is 0 Å². The third-order valence-electron chi connectivity index (χ3n) is 7.04. The lowest BCUT2D eigenvalue weighted by molar-refractivity contribution is 0.0602. The lowest BCUT2D eigenvalue weighted by atomic mass is 9.83. The molecular weight excluding hydrogens is 414 g/mol. The van der Waals surface area contributed by atoms with E-state index >= 15 is 0 Å². The maximum absolute atomic E-state index is 13.9. The van der Waals surface area contributed by atoms with Crippen molar-refractivity contribution in [2.75, 3.05) is 7.11 Å². The van der Waals surface area contributed by atoms with Gasteiger partial charge in [-0.2, -0.15) is 5.10 Å². The average Bonchev–Trinajstić information content (AvgIpc) is 3.56. The first-order valence-corrected chi connectivity index (χ1v) is 11.0. The number of aromatic hydroxyl groups is 1. The second-order valence-electron chi connectivity index (χ2n) is 8.65. The lowest BCUT2D eigenvalue weighted by Gasteiger charge is -2.37. The molecule has 33 heavy (non-hydrogen) atoms. The summed E-state index contributed by atoms with van der Waals surface area (Å²) in [5.41, 5.74) is 5.90. The number of hydrogen-bond acceptors (Lipinski definition) is 4. The van der Waals surface area contributed by atoms with Crippen LogP contribution in [-0.4, -0.2) is 33.2 Å². The Balaban J connectivity index is 1.54. The van der Waals surface area contributed by atoms with Gasteiger partial charge < -0.3 is 14.7 Å². The predicted octanol–water partition coefficient (Wildman–Crippen LogP) is 4.64. The molecule has 0 bridgehead atoms. The van der Waals surface area contributed by atoms with Crippen molar-refractivity contribution in [3.8, 4) is 22.6 Å². The van der Waals surface area contributed by atoms with Crippen LogP contribution in [0.25, 0.3) is 11.1 Å². The summed E-state index contributed by atoms with van der Waals surface area (Å²) in [6.07, 6.45) is 5.03. The molecule has 2 N–H and O–H groups in total. The number of amides is 1. The van der Waals surface area contributed by atoms with Crippen molar-refractivity contribution in [1.29, 1.82) is 0 Å². The summed E-state index contributed by atoms with van der Waals surface area (Å²) >= 11 is 0. The Hall–Kier alpha value is -4.06. The quantitative estimate of drug-likeness (QED) is 0.488. The Morgan fingerprint density at radius 1 is 1.09 bits per heavy atom. The summed E-state index contributed by atoms with van der Waals surface area (Å²) in [5, 5.41) is 17.5. The minimum Gasteiger partial charge on any atom is -0.508 e. The van der Waals surface area contributed by atoms with Gasteiger partial charge in [-0.3, -0.25) is 9.89 Å². The van der Waals surface area contributed by atoms with Crippen LogP contribution in [0.4, 0.5) is 0 Å². The van der Waals surface area contributed by atoms with Crippen molar-refractivity contribution in [1.82, 2.24) is 15.1 Å². The molecule has 1 aromatic heterocycles. The monoisotopic (exact) mass is 437 g/mol. The third-order valence-corrected chi connectivity index (χ3v) is 7.04. The first-order valence-electron chi connectivity index (χ1n) is 11.0. The molecule has 6 heteroatoms. The van der Waals surface area contributed by atoms with E-state index in [0.717, 1.165) is 45.6 Å². The maximum atomic E-state index is 13.9. The highest BCUT2D eigenvalue weighted by atomic mass is 16.5. The minimum atomic E-state index is -0.613. The number of ether oxygens (including phenoxy) is 1. The van der Waals surface area contributed by atoms with Crippen molar-refractivity contribution < 1.29 is 14.6 Å². The second kappa shape index (κ2) is 7.24. The van der Waals surface area contributed by atoms with Crippen molar-refractivity contribution in [2.24, 2.45) is 0 Å². The van der Waals surface area contributed by atoms with Gasteiger partial charge >= 0.3 is 0 Å². The first kappa shape index (κ1) is 19.6. The topological polar surface area (TPSA) is 78.5 Å². The van der Waals surface area contributed by atoms with E-state index in [0.29, 0.717) is 24.3 Å². The molecule has 0 fully saturated rings. The van der Waals surface area contributed by atoms with Crippen molar-refractivity contribution in [2.45, 2.75) is 24.9 Å². The maximum Gasteiger partial charge on any atom is 0.255 e. The largest absolute Gasteiger partial charge is 0.508 e. The highest BCUT2D eigenvalue weighted by molar-refractivity contribution is 6.02. The number of carbonyl (C=O) groups is 1. The molecule has 6 nitrogen and oxygen atoms in total. The first-order chi connectivity index (χ1) is 16.1. The van der Waals surface area contributed by atoms with Crippen molar-refractivity contribution in [3.63, 3.8) is 0 Å². The molecule has 164 valence electrons. The fourth-order valence-corrected chi connectivity index (χ4v) is 5.52. The van der Waals surface area contributed by atoms with E-state index in [4.69, 9.17) is 4.74 Å². The molecule has 0 radical (unpaired) electrons. The summed E-state index contributed by atoms with van der Waals surface area (Å²) in [6, 6.07) is 19.6. The number of hydrogen-bond donors (Lipinski definition) is 2. The van der Waals surface area contributed by atoms with Crippen LogP contribution in [-0.2, 0) is 18.5 Å². The summed E-state index contributed by atoms with van der Waals surface area (Å²) in [7, 11) is 1.64. The van der Waals surface area contributed by atoms with Crippen LogP contribution >= 0.6 is 0 Å². The number of carbonyl (C=O) groups excluding carboxylic acids is 1. The molecule has 6 rings (SSSR count). The van der Waals surface area contributed by atoms with Gasteiger partial charge in [-0.05, 0) is 64.9 Å². The fourth-order valence-electron chi connectivity index (χ4n) is 5.52. The Bertz CT molecular complexity index is 1380. The van der Waals surface area contributed by atoms with Crippen molar-refractivity contribution in [3.05, 3.63) is 101 Å². The van der Waals surface area contributed by atoms with Crippen LogP contribution in [0.1, 0.15) is 39.0 Å². The van der Waals surface area contributed by atoms with Gasteiger partial charge in [-0.1, -0.05) is 36.4 Å². The molecule has 4 aromatic rings. The number of nitrogens with zero attached hydrogens (tertiary/aromatic N) is 2. The number of aromatic amines is 1. The molecule has 0 saturated carbocycles. The molecule has 2 heterocycles. The second-order valence-corrected chi connectivity index (χ2v) is 8.65. The number of phenols is 1. The average molecular weight is 437 g/mol. The smallest absolute Gasteiger partial charge is 0.255 e. The zero-order valence-electron chi connectivity index (χ0n) is 18.2. The molecule has 2 aliphatic rings. The number of methoxy groups -OCH3 is 1. The Labute approximate surface area is 191 Å². The van der Waals surface area contributed by atoms with E-state index in [-0.39, 0.29) is 5.91 Å². The molecule has 1 aliphatic heterocycles. The Kier molecular flexibility index (Phi) is 4.30. The summed E-state index contributed by atoms with van der Waals surface area (Å²) in [5.74, 6) is 1.05. The number of benzene rings is 3. The number of aromatic nitrogens is 2. The zero-order valence-corrected chi connectivity index (χ0v) is 18.2. The Morgan fingerprint density at radius 2 is 1.97 bits per heavy atom. The molecule has 1 unspecified atom stereocenters. The molecular formula is C27H23N3O3. The van der Waals surface area contributed by atoms with Gasteiger partial charge in [-0.25, -0.2) is 0 Å². The van der Waals surface area contributed by atoms with Gasteiger partial charge in [0.15, 0.2) is 0 Å². The predicted molar refractivity (Wildman–Crippen MR) is 124 cm³/mol. The van der Waals surface area contributed by atoms with Gasteiger partial charge in [0.2, 0.25) is 0 Å². The van der Waals surface area contributed by atoms with Crippen LogP contribution in [0.5, 0.6) is 11.5 Å². The van der Waals surface area contributed by atoms with E-state index in [1.165, 1.54) is 0 Å².